The monoisotopic (exact) mass is 263 g/mol. The standard InChI is InChI=1S/C16H25NO2/c1-4-9-17-10-5-6-13(12-17)15-11-14(18-2)7-8-16(15)19-3/h7-8,11,13H,4-6,9-10,12H2,1-3H3. The minimum atomic E-state index is 0.561. The highest BCUT2D eigenvalue weighted by Crippen LogP contribution is 2.35. The van der Waals surface area contributed by atoms with Crippen molar-refractivity contribution in [2.45, 2.75) is 32.1 Å². The van der Waals surface area contributed by atoms with Gasteiger partial charge in [0, 0.05) is 18.0 Å². The molecule has 1 aromatic carbocycles. The maximum atomic E-state index is 5.52. The molecule has 3 nitrogen and oxygen atoms in total. The third kappa shape index (κ3) is 3.41. The van der Waals surface area contributed by atoms with Crippen LogP contribution < -0.4 is 9.47 Å². The van der Waals surface area contributed by atoms with Crippen molar-refractivity contribution in [2.24, 2.45) is 0 Å². The van der Waals surface area contributed by atoms with Crippen molar-refractivity contribution in [3.8, 4) is 11.5 Å². The normalized spacial score (nSPS) is 20.3. The molecule has 0 aromatic heterocycles. The molecule has 0 spiro atoms. The van der Waals surface area contributed by atoms with Gasteiger partial charge < -0.3 is 14.4 Å². The zero-order valence-corrected chi connectivity index (χ0v) is 12.3. The second kappa shape index (κ2) is 6.80. The van der Waals surface area contributed by atoms with Gasteiger partial charge in [0.15, 0.2) is 0 Å². The summed E-state index contributed by atoms with van der Waals surface area (Å²) in [5.41, 5.74) is 1.29. The van der Waals surface area contributed by atoms with Gasteiger partial charge in [0.25, 0.3) is 0 Å². The molecule has 19 heavy (non-hydrogen) atoms. The van der Waals surface area contributed by atoms with Crippen LogP contribution in [-0.4, -0.2) is 38.8 Å². The molecular weight excluding hydrogens is 238 g/mol. The van der Waals surface area contributed by atoms with Crippen LogP contribution >= 0.6 is 0 Å². The molecule has 1 aliphatic heterocycles. The number of likely N-dealkylation sites (tertiary alicyclic amines) is 1. The van der Waals surface area contributed by atoms with E-state index in [-0.39, 0.29) is 0 Å². The molecule has 1 atom stereocenters. The third-order valence-corrected chi connectivity index (χ3v) is 3.92. The topological polar surface area (TPSA) is 21.7 Å². The van der Waals surface area contributed by atoms with Crippen molar-refractivity contribution in [2.75, 3.05) is 33.9 Å². The first-order chi connectivity index (χ1) is 9.28. The quantitative estimate of drug-likeness (QED) is 0.813. The van der Waals surface area contributed by atoms with Crippen LogP contribution in [0.5, 0.6) is 11.5 Å². The van der Waals surface area contributed by atoms with Crippen LogP contribution in [0.4, 0.5) is 0 Å². The van der Waals surface area contributed by atoms with Crippen LogP contribution in [0.3, 0.4) is 0 Å². The lowest BCUT2D eigenvalue weighted by atomic mass is 9.89. The Kier molecular flexibility index (Phi) is 5.08. The Balaban J connectivity index is 2.19. The van der Waals surface area contributed by atoms with Gasteiger partial charge in [0.2, 0.25) is 0 Å². The summed E-state index contributed by atoms with van der Waals surface area (Å²) in [5.74, 6) is 2.47. The predicted molar refractivity (Wildman–Crippen MR) is 78.3 cm³/mol. The maximum absolute atomic E-state index is 5.52. The van der Waals surface area contributed by atoms with Gasteiger partial charge in [-0.2, -0.15) is 0 Å². The van der Waals surface area contributed by atoms with E-state index in [1.54, 1.807) is 14.2 Å². The molecule has 0 N–H and O–H groups in total. The summed E-state index contributed by atoms with van der Waals surface area (Å²) in [6.07, 6.45) is 3.73. The number of hydrogen-bond donors (Lipinski definition) is 0. The first-order valence-electron chi connectivity index (χ1n) is 7.22. The molecule has 1 fully saturated rings. The number of hydrogen-bond acceptors (Lipinski definition) is 3. The molecule has 3 heteroatoms. The van der Waals surface area contributed by atoms with Gasteiger partial charge in [0.1, 0.15) is 11.5 Å². The summed E-state index contributed by atoms with van der Waals surface area (Å²) in [6.45, 7) is 5.81. The smallest absolute Gasteiger partial charge is 0.122 e. The Morgan fingerprint density at radius 3 is 2.79 bits per heavy atom. The average molecular weight is 263 g/mol. The van der Waals surface area contributed by atoms with Crippen LogP contribution in [-0.2, 0) is 0 Å². The summed E-state index contributed by atoms with van der Waals surface area (Å²) in [6, 6.07) is 6.13. The number of benzene rings is 1. The summed E-state index contributed by atoms with van der Waals surface area (Å²) in [4.78, 5) is 2.56. The highest BCUT2D eigenvalue weighted by Gasteiger charge is 2.23. The SMILES string of the molecule is CCCN1CCCC(c2cc(OC)ccc2OC)C1. The van der Waals surface area contributed by atoms with E-state index >= 15 is 0 Å². The summed E-state index contributed by atoms with van der Waals surface area (Å²) in [7, 11) is 3.47. The van der Waals surface area contributed by atoms with Crippen LogP contribution in [0, 0.1) is 0 Å². The molecule has 0 radical (unpaired) electrons. The number of nitrogens with zero attached hydrogens (tertiary/aromatic N) is 1. The summed E-state index contributed by atoms with van der Waals surface area (Å²) < 4.78 is 10.9. The van der Waals surface area contributed by atoms with Gasteiger partial charge in [-0.15, -0.1) is 0 Å². The van der Waals surface area contributed by atoms with Gasteiger partial charge in [0.05, 0.1) is 14.2 Å². The Morgan fingerprint density at radius 2 is 2.11 bits per heavy atom. The Labute approximate surface area is 116 Å². The maximum Gasteiger partial charge on any atom is 0.122 e. The van der Waals surface area contributed by atoms with E-state index in [1.807, 2.05) is 12.1 Å². The van der Waals surface area contributed by atoms with Crippen molar-refractivity contribution in [3.05, 3.63) is 23.8 Å². The van der Waals surface area contributed by atoms with E-state index in [0.717, 1.165) is 18.0 Å². The fraction of sp³-hybridized carbons (Fsp3) is 0.625. The molecule has 0 aliphatic carbocycles. The van der Waals surface area contributed by atoms with Gasteiger partial charge in [-0.05, 0) is 50.6 Å². The minimum Gasteiger partial charge on any atom is -0.497 e. The van der Waals surface area contributed by atoms with Gasteiger partial charge in [-0.1, -0.05) is 6.92 Å². The lowest BCUT2D eigenvalue weighted by Gasteiger charge is -2.33. The Hall–Kier alpha value is -1.22. The second-order valence-corrected chi connectivity index (χ2v) is 5.25. The molecular formula is C16H25NO2. The highest BCUT2D eigenvalue weighted by molar-refractivity contribution is 5.42. The molecule has 2 rings (SSSR count). The molecule has 0 saturated carbocycles. The van der Waals surface area contributed by atoms with E-state index in [9.17, 15) is 0 Å². The number of rotatable bonds is 5. The molecule has 1 aromatic rings. The van der Waals surface area contributed by atoms with Crippen molar-refractivity contribution in [1.82, 2.24) is 4.90 Å². The van der Waals surface area contributed by atoms with E-state index in [1.165, 1.54) is 37.9 Å². The summed E-state index contributed by atoms with van der Waals surface area (Å²) >= 11 is 0. The largest absolute Gasteiger partial charge is 0.497 e. The average Bonchev–Trinajstić information content (AvgIpc) is 2.47. The van der Waals surface area contributed by atoms with Crippen LogP contribution in [0.15, 0.2) is 18.2 Å². The van der Waals surface area contributed by atoms with E-state index < -0.39 is 0 Å². The van der Waals surface area contributed by atoms with E-state index in [2.05, 4.69) is 17.9 Å². The Bertz CT molecular complexity index is 404. The van der Waals surface area contributed by atoms with E-state index in [0.29, 0.717) is 5.92 Å². The fourth-order valence-corrected chi connectivity index (χ4v) is 2.99. The molecule has 1 heterocycles. The first-order valence-corrected chi connectivity index (χ1v) is 7.22. The summed E-state index contributed by atoms with van der Waals surface area (Å²) in [5, 5.41) is 0. The van der Waals surface area contributed by atoms with Gasteiger partial charge >= 0.3 is 0 Å². The van der Waals surface area contributed by atoms with Crippen LogP contribution in [0.2, 0.25) is 0 Å². The van der Waals surface area contributed by atoms with Crippen molar-refractivity contribution in [1.29, 1.82) is 0 Å². The molecule has 0 bridgehead atoms. The van der Waals surface area contributed by atoms with Crippen molar-refractivity contribution < 1.29 is 9.47 Å². The number of ether oxygens (including phenoxy) is 2. The van der Waals surface area contributed by atoms with E-state index in [4.69, 9.17) is 9.47 Å². The van der Waals surface area contributed by atoms with Crippen LogP contribution in [0.25, 0.3) is 0 Å². The van der Waals surface area contributed by atoms with Gasteiger partial charge in [-0.3, -0.25) is 0 Å². The molecule has 0 amide bonds. The zero-order chi connectivity index (χ0) is 13.7. The molecule has 1 aliphatic rings. The molecule has 106 valence electrons. The lowest BCUT2D eigenvalue weighted by Crippen LogP contribution is -2.34. The zero-order valence-electron chi connectivity index (χ0n) is 12.3. The van der Waals surface area contributed by atoms with Crippen molar-refractivity contribution in [3.63, 3.8) is 0 Å². The first kappa shape index (κ1) is 14.2. The fourth-order valence-electron chi connectivity index (χ4n) is 2.99. The molecule has 1 unspecified atom stereocenters. The minimum absolute atomic E-state index is 0.561. The van der Waals surface area contributed by atoms with Gasteiger partial charge in [-0.25, -0.2) is 0 Å². The lowest BCUT2D eigenvalue weighted by molar-refractivity contribution is 0.206. The third-order valence-electron chi connectivity index (χ3n) is 3.92. The number of methoxy groups -OCH3 is 2. The van der Waals surface area contributed by atoms with Crippen molar-refractivity contribution >= 4 is 0 Å². The number of piperidine rings is 1. The Morgan fingerprint density at radius 1 is 1.26 bits per heavy atom. The second-order valence-electron chi connectivity index (χ2n) is 5.25. The predicted octanol–water partition coefficient (Wildman–Crippen LogP) is 3.29. The molecule has 1 saturated heterocycles. The van der Waals surface area contributed by atoms with Crippen LogP contribution in [0.1, 0.15) is 37.7 Å². The highest BCUT2D eigenvalue weighted by atomic mass is 16.5.